The lowest BCUT2D eigenvalue weighted by molar-refractivity contribution is -0.118. The van der Waals surface area contributed by atoms with E-state index in [0.29, 0.717) is 5.57 Å². The van der Waals surface area contributed by atoms with Crippen molar-refractivity contribution in [2.45, 2.75) is 19.9 Å². The molecule has 102 valence electrons. The number of amides is 1. The van der Waals surface area contributed by atoms with Crippen molar-refractivity contribution in [3.8, 4) is 0 Å². The Kier molecular flexibility index (Phi) is 3.95. The second-order valence-corrected chi connectivity index (χ2v) is 4.69. The van der Waals surface area contributed by atoms with E-state index in [4.69, 9.17) is 0 Å². The summed E-state index contributed by atoms with van der Waals surface area (Å²) in [6.07, 6.45) is 0. The summed E-state index contributed by atoms with van der Waals surface area (Å²) in [6.45, 7) is 4.86. The van der Waals surface area contributed by atoms with Crippen molar-refractivity contribution in [3.63, 3.8) is 0 Å². The van der Waals surface area contributed by atoms with Gasteiger partial charge in [-0.25, -0.2) is 8.78 Å². The Bertz CT molecular complexity index is 534. The molecule has 1 amide bonds. The second-order valence-electron chi connectivity index (χ2n) is 4.69. The van der Waals surface area contributed by atoms with Crippen molar-refractivity contribution in [1.29, 1.82) is 0 Å². The largest absolute Gasteiger partial charge is 0.346 e. The molecule has 1 aromatic carbocycles. The fraction of sp³-hybridized carbons (Fsp3) is 0.357. The van der Waals surface area contributed by atoms with Gasteiger partial charge >= 0.3 is 0 Å². The van der Waals surface area contributed by atoms with E-state index in [2.05, 4.69) is 10.6 Å². The van der Waals surface area contributed by atoms with Crippen LogP contribution in [0.1, 0.15) is 25.5 Å². The average Bonchev–Trinajstić information content (AvgIpc) is 2.25. The topological polar surface area (TPSA) is 41.1 Å². The van der Waals surface area contributed by atoms with Crippen LogP contribution in [0.25, 0.3) is 0 Å². The summed E-state index contributed by atoms with van der Waals surface area (Å²) in [5.74, 6) is -1.49. The van der Waals surface area contributed by atoms with Crippen LogP contribution < -0.4 is 10.6 Å². The Morgan fingerprint density at radius 3 is 2.58 bits per heavy atom. The fourth-order valence-electron chi connectivity index (χ4n) is 1.91. The van der Waals surface area contributed by atoms with Crippen molar-refractivity contribution >= 4 is 5.91 Å². The maximum Gasteiger partial charge on any atom is 0.247 e. The predicted octanol–water partition coefficient (Wildman–Crippen LogP) is 2.06. The van der Waals surface area contributed by atoms with Crippen molar-refractivity contribution in [1.82, 2.24) is 10.6 Å². The number of hydrogen-bond acceptors (Lipinski definition) is 2. The number of nitrogens with one attached hydrogen (secondary N) is 2. The molecule has 19 heavy (non-hydrogen) atoms. The minimum absolute atomic E-state index is 0.215. The zero-order valence-corrected chi connectivity index (χ0v) is 10.9. The molecular formula is C14H16F2N2O. The van der Waals surface area contributed by atoms with Crippen LogP contribution >= 0.6 is 0 Å². The molecule has 2 N–H and O–H groups in total. The zero-order chi connectivity index (χ0) is 14.0. The first kappa shape index (κ1) is 13.7. The van der Waals surface area contributed by atoms with Gasteiger partial charge in [-0.05, 0) is 25.5 Å². The predicted molar refractivity (Wildman–Crippen MR) is 68.5 cm³/mol. The average molecular weight is 266 g/mol. The Balaban J connectivity index is 2.08. The van der Waals surface area contributed by atoms with Crippen LogP contribution in [0.2, 0.25) is 0 Å². The number of rotatable bonds is 3. The molecule has 0 radical (unpaired) electrons. The van der Waals surface area contributed by atoms with Gasteiger partial charge in [0.25, 0.3) is 0 Å². The molecule has 1 fully saturated rings. The monoisotopic (exact) mass is 266 g/mol. The Morgan fingerprint density at radius 2 is 2.05 bits per heavy atom. The number of hydrogen-bond donors (Lipinski definition) is 2. The molecule has 2 rings (SSSR count). The maximum atomic E-state index is 13.6. The summed E-state index contributed by atoms with van der Waals surface area (Å²) in [5.41, 5.74) is 2.00. The van der Waals surface area contributed by atoms with Crippen LogP contribution in [-0.2, 0) is 4.79 Å². The molecule has 1 aliphatic rings. The molecule has 1 aliphatic heterocycles. The highest BCUT2D eigenvalue weighted by molar-refractivity contribution is 5.94. The van der Waals surface area contributed by atoms with Gasteiger partial charge in [-0.15, -0.1) is 0 Å². The summed E-state index contributed by atoms with van der Waals surface area (Å²) in [7, 11) is 0. The maximum absolute atomic E-state index is 13.6. The first-order valence-corrected chi connectivity index (χ1v) is 6.14. The third kappa shape index (κ3) is 2.98. The van der Waals surface area contributed by atoms with Gasteiger partial charge < -0.3 is 10.6 Å². The smallest absolute Gasteiger partial charge is 0.247 e. The highest BCUT2D eigenvalue weighted by Gasteiger charge is 2.19. The van der Waals surface area contributed by atoms with Gasteiger partial charge in [0.05, 0.1) is 6.04 Å². The Hall–Kier alpha value is -1.75. The highest BCUT2D eigenvalue weighted by Crippen LogP contribution is 2.18. The van der Waals surface area contributed by atoms with E-state index in [-0.39, 0.29) is 11.5 Å². The molecule has 1 aromatic rings. The molecule has 0 spiro atoms. The fourth-order valence-corrected chi connectivity index (χ4v) is 1.91. The van der Waals surface area contributed by atoms with E-state index in [0.717, 1.165) is 24.7 Å². The molecule has 5 heteroatoms. The van der Waals surface area contributed by atoms with Gasteiger partial charge in [-0.2, -0.15) is 0 Å². The lowest BCUT2D eigenvalue weighted by Crippen LogP contribution is -2.38. The van der Waals surface area contributed by atoms with Crippen LogP contribution in [-0.4, -0.2) is 19.0 Å². The van der Waals surface area contributed by atoms with Gasteiger partial charge in [0, 0.05) is 30.3 Å². The summed E-state index contributed by atoms with van der Waals surface area (Å²) in [5, 5.41) is 5.78. The standard InChI is InChI=1S/C14H16F2N2O/c1-8(10-6-17-7-10)14(19)18-9(2)12-4-3-11(15)5-13(12)16/h3-5,9,17H,6-7H2,1-2H3,(H,18,19). The van der Waals surface area contributed by atoms with Gasteiger partial charge in [0.15, 0.2) is 0 Å². The number of carbonyl (C=O) groups excluding carboxylic acids is 1. The quantitative estimate of drug-likeness (QED) is 0.822. The molecule has 1 heterocycles. The summed E-state index contributed by atoms with van der Waals surface area (Å²) in [6, 6.07) is 2.85. The molecule has 0 saturated carbocycles. The van der Waals surface area contributed by atoms with Gasteiger partial charge in [-0.3, -0.25) is 4.79 Å². The van der Waals surface area contributed by atoms with E-state index < -0.39 is 17.7 Å². The Morgan fingerprint density at radius 1 is 1.37 bits per heavy atom. The third-order valence-electron chi connectivity index (χ3n) is 3.32. The second kappa shape index (κ2) is 5.48. The molecule has 0 aromatic heterocycles. The van der Waals surface area contributed by atoms with E-state index in [1.54, 1.807) is 13.8 Å². The van der Waals surface area contributed by atoms with E-state index >= 15 is 0 Å². The summed E-state index contributed by atoms with van der Waals surface area (Å²) >= 11 is 0. The third-order valence-corrected chi connectivity index (χ3v) is 3.32. The van der Waals surface area contributed by atoms with Gasteiger partial charge in [0.1, 0.15) is 11.6 Å². The lowest BCUT2D eigenvalue weighted by Gasteiger charge is -2.23. The summed E-state index contributed by atoms with van der Waals surface area (Å²) in [4.78, 5) is 11.9. The molecule has 0 aliphatic carbocycles. The lowest BCUT2D eigenvalue weighted by atomic mass is 10.0. The van der Waals surface area contributed by atoms with Gasteiger partial charge in [0.2, 0.25) is 5.91 Å². The minimum Gasteiger partial charge on any atom is -0.346 e. The van der Waals surface area contributed by atoms with E-state index in [1.807, 2.05) is 0 Å². The molecule has 1 saturated heterocycles. The number of halogens is 2. The van der Waals surface area contributed by atoms with Gasteiger partial charge in [-0.1, -0.05) is 6.07 Å². The van der Waals surface area contributed by atoms with Crippen molar-refractivity contribution < 1.29 is 13.6 Å². The number of benzene rings is 1. The van der Waals surface area contributed by atoms with Crippen LogP contribution in [0.15, 0.2) is 29.3 Å². The first-order chi connectivity index (χ1) is 8.99. The SMILES string of the molecule is CC(C(=O)NC(C)c1ccc(F)cc1F)=C1CNC1. The highest BCUT2D eigenvalue weighted by atomic mass is 19.1. The van der Waals surface area contributed by atoms with Crippen LogP contribution in [0.4, 0.5) is 8.78 Å². The number of carbonyl (C=O) groups is 1. The van der Waals surface area contributed by atoms with E-state index in [9.17, 15) is 13.6 Å². The zero-order valence-electron chi connectivity index (χ0n) is 10.9. The molecule has 1 atom stereocenters. The van der Waals surface area contributed by atoms with Crippen LogP contribution in [0.5, 0.6) is 0 Å². The normalized spacial score (nSPS) is 15.7. The van der Waals surface area contributed by atoms with E-state index in [1.165, 1.54) is 12.1 Å². The van der Waals surface area contributed by atoms with Crippen molar-refractivity contribution in [2.75, 3.05) is 13.1 Å². The van der Waals surface area contributed by atoms with Crippen molar-refractivity contribution in [3.05, 3.63) is 46.5 Å². The Labute approximate surface area is 110 Å². The van der Waals surface area contributed by atoms with Crippen LogP contribution in [0, 0.1) is 11.6 Å². The minimum atomic E-state index is -0.650. The first-order valence-electron chi connectivity index (χ1n) is 6.14. The molecule has 0 bridgehead atoms. The van der Waals surface area contributed by atoms with Crippen molar-refractivity contribution in [2.24, 2.45) is 0 Å². The summed E-state index contributed by atoms with van der Waals surface area (Å²) < 4.78 is 26.4. The molecule has 3 nitrogen and oxygen atoms in total. The van der Waals surface area contributed by atoms with Crippen LogP contribution in [0.3, 0.4) is 0 Å². The molecule has 1 unspecified atom stereocenters. The molecular weight excluding hydrogens is 250 g/mol.